The molecule has 3 rings (SSSR count). The largest absolute Gasteiger partial charge is 0.334 e. The summed E-state index contributed by atoms with van der Waals surface area (Å²) in [5.41, 5.74) is 1.31. The highest BCUT2D eigenvalue weighted by Gasteiger charge is 2.19. The summed E-state index contributed by atoms with van der Waals surface area (Å²) in [7, 11) is 0. The van der Waals surface area contributed by atoms with Crippen LogP contribution in [0.1, 0.15) is 28.6 Å². The van der Waals surface area contributed by atoms with Crippen LogP contribution in [-0.2, 0) is 11.3 Å². The van der Waals surface area contributed by atoms with Crippen molar-refractivity contribution in [2.45, 2.75) is 24.8 Å². The molecule has 1 aromatic carbocycles. The Balaban J connectivity index is 1.81. The molecular formula is C17H17ClN2O2S2. The lowest BCUT2D eigenvalue weighted by molar-refractivity contribution is -0.115. The molecule has 0 saturated heterocycles. The van der Waals surface area contributed by atoms with Gasteiger partial charge in [0.15, 0.2) is 0 Å². The topological polar surface area (TPSA) is 49.4 Å². The Bertz CT molecular complexity index is 776. The number of carbonyl (C=O) groups is 2. The molecule has 0 unspecified atom stereocenters. The molecule has 2 amide bonds. The average Bonchev–Trinajstić information content (AvgIpc) is 2.88. The minimum Gasteiger partial charge on any atom is -0.334 e. The van der Waals surface area contributed by atoms with Gasteiger partial charge in [-0.25, -0.2) is 0 Å². The second-order valence-electron chi connectivity index (χ2n) is 5.38. The van der Waals surface area contributed by atoms with Crippen LogP contribution in [0.5, 0.6) is 0 Å². The molecule has 0 fully saturated rings. The fourth-order valence-electron chi connectivity index (χ4n) is 2.49. The van der Waals surface area contributed by atoms with Crippen molar-refractivity contribution in [3.8, 4) is 0 Å². The van der Waals surface area contributed by atoms with Gasteiger partial charge in [0.05, 0.1) is 16.6 Å². The average molecular weight is 381 g/mol. The second kappa shape index (κ2) is 7.59. The minimum absolute atomic E-state index is 0.00794. The molecule has 2 heterocycles. The number of nitrogens with zero attached hydrogens (tertiary/aromatic N) is 1. The zero-order valence-electron chi connectivity index (χ0n) is 13.2. The quantitative estimate of drug-likeness (QED) is 0.849. The first kappa shape index (κ1) is 17.3. The number of nitrogens with one attached hydrogen (secondary N) is 1. The molecule has 2 aromatic rings. The highest BCUT2D eigenvalue weighted by atomic mass is 35.5. The van der Waals surface area contributed by atoms with Crippen molar-refractivity contribution in [2.75, 3.05) is 17.6 Å². The van der Waals surface area contributed by atoms with E-state index < -0.39 is 0 Å². The number of rotatable bonds is 4. The lowest BCUT2D eigenvalue weighted by Gasteiger charge is -2.21. The van der Waals surface area contributed by atoms with Gasteiger partial charge in [-0.05, 0) is 37.3 Å². The molecule has 0 radical (unpaired) electrons. The van der Waals surface area contributed by atoms with Gasteiger partial charge >= 0.3 is 0 Å². The number of halogens is 1. The Morgan fingerprint density at radius 1 is 1.33 bits per heavy atom. The summed E-state index contributed by atoms with van der Waals surface area (Å²) in [5, 5.41) is 2.88. The van der Waals surface area contributed by atoms with E-state index in [9.17, 15) is 9.59 Å². The molecule has 7 heteroatoms. The predicted molar refractivity (Wildman–Crippen MR) is 100 cm³/mol. The molecule has 1 aromatic heterocycles. The fraction of sp³-hybridized carbons (Fsp3) is 0.294. The van der Waals surface area contributed by atoms with E-state index >= 15 is 0 Å². The third-order valence-corrected chi connectivity index (χ3v) is 6.02. The van der Waals surface area contributed by atoms with E-state index in [0.717, 1.165) is 25.5 Å². The number of benzene rings is 1. The molecule has 0 spiro atoms. The molecule has 0 atom stereocenters. The van der Waals surface area contributed by atoms with E-state index in [1.165, 1.54) is 11.3 Å². The summed E-state index contributed by atoms with van der Waals surface area (Å²) in [4.78, 5) is 28.4. The van der Waals surface area contributed by atoms with Crippen LogP contribution in [-0.4, -0.2) is 29.0 Å². The normalized spacial score (nSPS) is 13.8. The highest BCUT2D eigenvalue weighted by Crippen LogP contribution is 2.32. The Kier molecular flexibility index (Phi) is 5.48. The zero-order chi connectivity index (χ0) is 17.1. The van der Waals surface area contributed by atoms with Crippen molar-refractivity contribution in [1.29, 1.82) is 0 Å². The van der Waals surface area contributed by atoms with Crippen molar-refractivity contribution < 1.29 is 9.59 Å². The molecule has 0 aliphatic carbocycles. The Morgan fingerprint density at radius 2 is 2.17 bits per heavy atom. The van der Waals surface area contributed by atoms with E-state index in [0.29, 0.717) is 25.1 Å². The van der Waals surface area contributed by atoms with Crippen LogP contribution in [0.2, 0.25) is 4.34 Å². The monoisotopic (exact) mass is 380 g/mol. The number of amides is 2. The molecule has 0 bridgehead atoms. The lowest BCUT2D eigenvalue weighted by atomic mass is 10.1. The first-order valence-corrected chi connectivity index (χ1v) is 9.85. The summed E-state index contributed by atoms with van der Waals surface area (Å²) in [6.45, 7) is 3.09. The van der Waals surface area contributed by atoms with Crippen LogP contribution in [0.3, 0.4) is 0 Å². The van der Waals surface area contributed by atoms with Crippen LogP contribution < -0.4 is 5.32 Å². The molecule has 4 nitrogen and oxygen atoms in total. The summed E-state index contributed by atoms with van der Waals surface area (Å²) in [6, 6.07) is 9.30. The molecule has 1 aliphatic heterocycles. The van der Waals surface area contributed by atoms with E-state index in [1.54, 1.807) is 22.7 Å². The van der Waals surface area contributed by atoms with Crippen LogP contribution in [0.25, 0.3) is 0 Å². The Labute approximate surface area is 154 Å². The highest BCUT2D eigenvalue weighted by molar-refractivity contribution is 7.99. The van der Waals surface area contributed by atoms with Crippen LogP contribution >= 0.6 is 34.7 Å². The standard InChI is InChI=1S/C17H17ClN2O2S2/c1-2-20(10-12-4-6-15(18)24-12)17(22)11-3-5-14-13(9-11)19-16(21)7-8-23-14/h3-6,9H,2,7-8,10H2,1H3,(H,19,21). The number of thiophene rings is 1. The number of hydrogen-bond donors (Lipinski definition) is 1. The Hall–Kier alpha value is -1.50. The van der Waals surface area contributed by atoms with E-state index in [-0.39, 0.29) is 11.8 Å². The minimum atomic E-state index is -0.0479. The lowest BCUT2D eigenvalue weighted by Crippen LogP contribution is -2.30. The number of carbonyl (C=O) groups excluding carboxylic acids is 2. The second-order valence-corrected chi connectivity index (χ2v) is 8.32. The van der Waals surface area contributed by atoms with Crippen LogP contribution in [0.4, 0.5) is 5.69 Å². The molecule has 1 N–H and O–H groups in total. The molecule has 126 valence electrons. The summed E-state index contributed by atoms with van der Waals surface area (Å²) in [5.74, 6) is 0.701. The summed E-state index contributed by atoms with van der Waals surface area (Å²) >= 11 is 9.08. The maximum atomic E-state index is 12.8. The number of thioether (sulfide) groups is 1. The van der Waals surface area contributed by atoms with Gasteiger partial charge in [-0.3, -0.25) is 9.59 Å². The first-order chi connectivity index (χ1) is 11.6. The molecule has 1 aliphatic rings. The molecule has 24 heavy (non-hydrogen) atoms. The summed E-state index contributed by atoms with van der Waals surface area (Å²) < 4.78 is 0.721. The van der Waals surface area contributed by atoms with E-state index in [4.69, 9.17) is 11.6 Å². The number of fused-ring (bicyclic) bond motifs is 1. The van der Waals surface area contributed by atoms with Gasteiger partial charge in [-0.2, -0.15) is 0 Å². The zero-order valence-corrected chi connectivity index (χ0v) is 15.6. The summed E-state index contributed by atoms with van der Waals surface area (Å²) in [6.07, 6.45) is 0.489. The third kappa shape index (κ3) is 3.94. The van der Waals surface area contributed by atoms with Crippen molar-refractivity contribution in [3.63, 3.8) is 0 Å². The first-order valence-electron chi connectivity index (χ1n) is 7.67. The van der Waals surface area contributed by atoms with E-state index in [1.807, 2.05) is 31.2 Å². The van der Waals surface area contributed by atoms with Gasteiger partial charge in [-0.15, -0.1) is 23.1 Å². The van der Waals surface area contributed by atoms with Gasteiger partial charge in [0.1, 0.15) is 0 Å². The Morgan fingerprint density at radius 3 is 2.88 bits per heavy atom. The smallest absolute Gasteiger partial charge is 0.254 e. The van der Waals surface area contributed by atoms with Crippen molar-refractivity contribution in [3.05, 3.63) is 45.1 Å². The fourth-order valence-corrected chi connectivity index (χ4v) is 4.53. The molecular weight excluding hydrogens is 364 g/mol. The van der Waals surface area contributed by atoms with Gasteiger partial charge in [0.2, 0.25) is 5.91 Å². The number of hydrogen-bond acceptors (Lipinski definition) is 4. The number of anilines is 1. The van der Waals surface area contributed by atoms with Crippen molar-refractivity contribution >= 4 is 52.2 Å². The van der Waals surface area contributed by atoms with Gasteiger partial charge in [0, 0.05) is 34.1 Å². The predicted octanol–water partition coefficient (Wildman–Crippen LogP) is 4.50. The van der Waals surface area contributed by atoms with Gasteiger partial charge in [-0.1, -0.05) is 11.6 Å². The SMILES string of the molecule is CCN(Cc1ccc(Cl)s1)C(=O)c1ccc2c(c1)NC(=O)CCS2. The van der Waals surface area contributed by atoms with Crippen LogP contribution in [0.15, 0.2) is 35.2 Å². The van der Waals surface area contributed by atoms with Gasteiger partial charge < -0.3 is 10.2 Å². The maximum absolute atomic E-state index is 12.8. The van der Waals surface area contributed by atoms with Crippen molar-refractivity contribution in [2.24, 2.45) is 0 Å². The van der Waals surface area contributed by atoms with Crippen molar-refractivity contribution in [1.82, 2.24) is 4.90 Å². The van der Waals surface area contributed by atoms with Gasteiger partial charge in [0.25, 0.3) is 5.91 Å². The van der Waals surface area contributed by atoms with E-state index in [2.05, 4.69) is 5.32 Å². The van der Waals surface area contributed by atoms with Crippen LogP contribution in [0, 0.1) is 0 Å². The maximum Gasteiger partial charge on any atom is 0.254 e. The third-order valence-electron chi connectivity index (χ3n) is 3.73. The molecule has 0 saturated carbocycles.